The van der Waals surface area contributed by atoms with Crippen LogP contribution in [0.3, 0.4) is 0 Å². The molecule has 2 amide bonds. The molecule has 1 aliphatic carbocycles. The predicted octanol–water partition coefficient (Wildman–Crippen LogP) is 3.25. The number of nitrogen functional groups attached to an aromatic ring is 1. The number of nitrogens with two attached hydrogens (primary N) is 1. The van der Waals surface area contributed by atoms with E-state index in [2.05, 4.69) is 15.4 Å². The summed E-state index contributed by atoms with van der Waals surface area (Å²) >= 11 is 0. The van der Waals surface area contributed by atoms with Gasteiger partial charge >= 0.3 is 6.18 Å². The normalized spacial score (nSPS) is 16.4. The van der Waals surface area contributed by atoms with Crippen LogP contribution in [0.2, 0.25) is 0 Å². The molecule has 0 bridgehead atoms. The fraction of sp³-hybridized carbons (Fsp3) is 0.440. The second-order valence-corrected chi connectivity index (χ2v) is 9.59. The molecule has 2 aromatic heterocycles. The number of amides is 2. The molecule has 9 nitrogen and oxygen atoms in total. The van der Waals surface area contributed by atoms with Crippen LogP contribution in [0.1, 0.15) is 64.4 Å². The lowest BCUT2D eigenvalue weighted by Crippen LogP contribution is -2.35. The second kappa shape index (κ2) is 9.33. The molecular formula is C25H27F3N6O3. The molecule has 1 fully saturated rings. The topological polar surface area (TPSA) is 126 Å². The highest BCUT2D eigenvalue weighted by molar-refractivity contribution is 6.04. The molecular weight excluding hydrogens is 489 g/mol. The number of carbonyl (C=O) groups is 2. The molecule has 3 aromatic rings. The van der Waals surface area contributed by atoms with E-state index in [-0.39, 0.29) is 53.0 Å². The molecule has 1 aliphatic heterocycles. The molecule has 1 saturated carbocycles. The quantitative estimate of drug-likeness (QED) is 0.395. The van der Waals surface area contributed by atoms with Crippen LogP contribution < -0.4 is 11.1 Å². The Balaban J connectivity index is 1.54. The lowest BCUT2D eigenvalue weighted by Gasteiger charge is -2.24. The lowest BCUT2D eigenvalue weighted by atomic mass is 9.97. The zero-order valence-electron chi connectivity index (χ0n) is 20.2. The van der Waals surface area contributed by atoms with Gasteiger partial charge in [-0.3, -0.25) is 9.59 Å². The van der Waals surface area contributed by atoms with Gasteiger partial charge < -0.3 is 21.1 Å². The van der Waals surface area contributed by atoms with Gasteiger partial charge in [-0.1, -0.05) is 0 Å². The molecule has 3 heterocycles. The molecule has 12 heteroatoms. The summed E-state index contributed by atoms with van der Waals surface area (Å²) in [4.78, 5) is 31.8. The Morgan fingerprint density at radius 1 is 1.30 bits per heavy atom. The van der Waals surface area contributed by atoms with E-state index in [9.17, 15) is 22.8 Å². The van der Waals surface area contributed by atoms with E-state index < -0.39 is 23.6 Å². The first-order valence-electron chi connectivity index (χ1n) is 12.2. The van der Waals surface area contributed by atoms with Gasteiger partial charge in [0.25, 0.3) is 11.8 Å². The van der Waals surface area contributed by atoms with Crippen molar-refractivity contribution >= 4 is 23.3 Å². The van der Waals surface area contributed by atoms with Crippen molar-refractivity contribution in [3.05, 3.63) is 46.6 Å². The van der Waals surface area contributed by atoms with Gasteiger partial charge in [-0.2, -0.15) is 13.2 Å². The number of anilines is 1. The maximum absolute atomic E-state index is 14.1. The number of aliphatic hydroxyl groups excluding tert-OH is 1. The fourth-order valence-corrected chi connectivity index (χ4v) is 4.86. The minimum absolute atomic E-state index is 0.00316. The summed E-state index contributed by atoms with van der Waals surface area (Å²) in [6.45, 7) is 2.29. The zero-order valence-corrected chi connectivity index (χ0v) is 20.2. The Morgan fingerprint density at radius 2 is 2.05 bits per heavy atom. The number of nitrogens with one attached hydrogen (secondary N) is 1. The van der Waals surface area contributed by atoms with Crippen molar-refractivity contribution in [3.8, 4) is 11.3 Å². The van der Waals surface area contributed by atoms with Crippen LogP contribution in [0.15, 0.2) is 24.4 Å². The van der Waals surface area contributed by atoms with Crippen LogP contribution >= 0.6 is 0 Å². The first kappa shape index (κ1) is 25.0. The van der Waals surface area contributed by atoms with Crippen LogP contribution in [0.5, 0.6) is 0 Å². The van der Waals surface area contributed by atoms with Gasteiger partial charge in [-0.25, -0.2) is 9.50 Å². The van der Waals surface area contributed by atoms with Gasteiger partial charge in [-0.05, 0) is 62.3 Å². The predicted molar refractivity (Wildman–Crippen MR) is 129 cm³/mol. The van der Waals surface area contributed by atoms with Crippen molar-refractivity contribution in [1.29, 1.82) is 0 Å². The van der Waals surface area contributed by atoms with E-state index in [1.54, 1.807) is 6.07 Å². The minimum atomic E-state index is -4.74. The highest BCUT2D eigenvalue weighted by Gasteiger charge is 2.44. The van der Waals surface area contributed by atoms with Crippen molar-refractivity contribution in [1.82, 2.24) is 24.8 Å². The fourth-order valence-electron chi connectivity index (χ4n) is 4.86. The SMILES string of the molecule is CC(C1CC1)N1Cc2cc(-c3ccn4nc(N)c(C(=O)NCCCCO)c4n3)cc(C(F)(F)F)c2C1=O. The first-order valence-corrected chi connectivity index (χ1v) is 12.2. The van der Waals surface area contributed by atoms with E-state index in [0.29, 0.717) is 30.9 Å². The number of aliphatic hydroxyl groups is 1. The molecule has 0 saturated heterocycles. The number of fused-ring (bicyclic) bond motifs is 2. The molecule has 2 aliphatic rings. The zero-order chi connectivity index (χ0) is 26.5. The van der Waals surface area contributed by atoms with Gasteiger partial charge in [-0.15, -0.1) is 5.10 Å². The number of hydrogen-bond donors (Lipinski definition) is 3. The Bertz CT molecular complexity index is 1380. The number of rotatable bonds is 8. The summed E-state index contributed by atoms with van der Waals surface area (Å²) in [5.41, 5.74) is 5.44. The van der Waals surface area contributed by atoms with Crippen LogP contribution in [0, 0.1) is 5.92 Å². The van der Waals surface area contributed by atoms with E-state index in [1.807, 2.05) is 6.92 Å². The van der Waals surface area contributed by atoms with E-state index >= 15 is 0 Å². The third-order valence-electron chi connectivity index (χ3n) is 7.04. The largest absolute Gasteiger partial charge is 0.417 e. The van der Waals surface area contributed by atoms with Gasteiger partial charge in [0, 0.05) is 37.5 Å². The van der Waals surface area contributed by atoms with Crippen LogP contribution in [0.25, 0.3) is 16.9 Å². The molecule has 1 aromatic carbocycles. The smallest absolute Gasteiger partial charge is 0.396 e. The number of unbranched alkanes of at least 4 members (excludes halogenated alkanes) is 1. The Kier molecular flexibility index (Phi) is 6.30. The molecule has 4 N–H and O–H groups in total. The van der Waals surface area contributed by atoms with Crippen molar-refractivity contribution in [2.24, 2.45) is 5.92 Å². The number of carbonyl (C=O) groups excluding carboxylic acids is 2. The number of aromatic nitrogens is 3. The van der Waals surface area contributed by atoms with Crippen molar-refractivity contribution < 1.29 is 27.9 Å². The van der Waals surface area contributed by atoms with E-state index in [1.165, 1.54) is 21.7 Å². The van der Waals surface area contributed by atoms with Crippen molar-refractivity contribution in [2.45, 2.75) is 51.4 Å². The average molecular weight is 517 g/mol. The molecule has 0 radical (unpaired) electrons. The van der Waals surface area contributed by atoms with Gasteiger partial charge in [0.1, 0.15) is 5.56 Å². The monoisotopic (exact) mass is 516 g/mol. The van der Waals surface area contributed by atoms with Gasteiger partial charge in [0.15, 0.2) is 11.5 Å². The number of alkyl halides is 3. The molecule has 37 heavy (non-hydrogen) atoms. The molecule has 1 atom stereocenters. The maximum Gasteiger partial charge on any atom is 0.417 e. The molecule has 0 spiro atoms. The minimum Gasteiger partial charge on any atom is -0.396 e. The number of nitrogens with zero attached hydrogens (tertiary/aromatic N) is 4. The average Bonchev–Trinajstić information content (AvgIpc) is 3.57. The van der Waals surface area contributed by atoms with Gasteiger partial charge in [0.05, 0.1) is 16.8 Å². The van der Waals surface area contributed by atoms with Crippen LogP contribution in [0.4, 0.5) is 19.0 Å². The highest BCUT2D eigenvalue weighted by Crippen LogP contribution is 2.43. The Labute approximate surface area is 210 Å². The summed E-state index contributed by atoms with van der Waals surface area (Å²) in [7, 11) is 0. The highest BCUT2D eigenvalue weighted by atomic mass is 19.4. The van der Waals surface area contributed by atoms with E-state index in [0.717, 1.165) is 18.9 Å². The molecule has 5 rings (SSSR count). The summed E-state index contributed by atoms with van der Waals surface area (Å²) in [6.07, 6.45) is -0.248. The third-order valence-corrected chi connectivity index (χ3v) is 7.04. The summed E-state index contributed by atoms with van der Waals surface area (Å²) in [6, 6.07) is 3.86. The third kappa shape index (κ3) is 4.61. The lowest BCUT2D eigenvalue weighted by molar-refractivity contribution is -0.137. The number of benzene rings is 1. The maximum atomic E-state index is 14.1. The van der Waals surface area contributed by atoms with Crippen LogP contribution in [-0.2, 0) is 12.7 Å². The summed E-state index contributed by atoms with van der Waals surface area (Å²) in [5.74, 6) is -0.864. The van der Waals surface area contributed by atoms with Crippen molar-refractivity contribution in [3.63, 3.8) is 0 Å². The molecule has 196 valence electrons. The summed E-state index contributed by atoms with van der Waals surface area (Å²) < 4.78 is 43.7. The Hall–Kier alpha value is -3.67. The second-order valence-electron chi connectivity index (χ2n) is 9.59. The van der Waals surface area contributed by atoms with Crippen LogP contribution in [-0.4, -0.2) is 55.6 Å². The molecule has 1 unspecified atom stereocenters. The van der Waals surface area contributed by atoms with E-state index in [4.69, 9.17) is 10.8 Å². The Morgan fingerprint density at radius 3 is 2.73 bits per heavy atom. The first-order chi connectivity index (χ1) is 17.6. The number of hydrogen-bond acceptors (Lipinski definition) is 6. The summed E-state index contributed by atoms with van der Waals surface area (Å²) in [5, 5.41) is 15.7. The standard InChI is InChI=1S/C25H27F3N6O3/c1-13(14-4-5-14)33-12-16-10-15(11-17(25(26,27)28)19(16)24(33)37)18-6-8-34-22(31-18)20(21(29)32-34)23(36)30-7-2-3-9-35/h6,8,10-11,13-14,35H,2-5,7,9,12H2,1H3,(H2,29,32)(H,30,36). The number of halogens is 3. The van der Waals surface area contributed by atoms with Gasteiger partial charge in [0.2, 0.25) is 0 Å². The van der Waals surface area contributed by atoms with Crippen molar-refractivity contribution in [2.75, 3.05) is 18.9 Å².